The van der Waals surface area contributed by atoms with E-state index in [2.05, 4.69) is 31.2 Å². The molecule has 2 N–H and O–H groups in total. The fraction of sp³-hybridized carbons (Fsp3) is 0.167. The lowest BCUT2D eigenvalue weighted by atomic mass is 10.1. The number of nitrogens with zero attached hydrogens (tertiary/aromatic N) is 3. The second-order valence-corrected chi connectivity index (χ2v) is 7.11. The van der Waals surface area contributed by atoms with E-state index in [4.69, 9.17) is 16.7 Å². The fourth-order valence-corrected chi connectivity index (χ4v) is 3.05. The summed E-state index contributed by atoms with van der Waals surface area (Å²) in [7, 11) is 0. The van der Waals surface area contributed by atoms with Crippen LogP contribution in [0.4, 0.5) is 14.6 Å². The number of aliphatic hydroxyl groups excluding tert-OH is 1. The molecule has 1 aromatic carbocycles. The first-order chi connectivity index (χ1) is 13.4. The number of benzene rings is 1. The highest BCUT2D eigenvalue weighted by Gasteiger charge is 2.17. The smallest absolute Gasteiger partial charge is 0.265 e. The zero-order chi connectivity index (χ0) is 20.3. The molecule has 0 aliphatic rings. The predicted molar refractivity (Wildman–Crippen MR) is 104 cm³/mol. The number of aromatic nitrogens is 3. The minimum absolute atomic E-state index is 0.0521. The first-order valence-corrected chi connectivity index (χ1v) is 9.19. The summed E-state index contributed by atoms with van der Waals surface area (Å²) in [5, 5.41) is 12.2. The molecule has 2 heterocycles. The van der Waals surface area contributed by atoms with Crippen LogP contribution < -0.4 is 5.32 Å². The summed E-state index contributed by atoms with van der Waals surface area (Å²) < 4.78 is 28.6. The molecule has 0 unspecified atom stereocenters. The first-order valence-electron chi connectivity index (χ1n) is 8.02. The maximum atomic E-state index is 13.0. The number of hydrogen-bond acceptors (Lipinski definition) is 4. The van der Waals surface area contributed by atoms with Gasteiger partial charge in [0.15, 0.2) is 5.82 Å². The molecule has 0 radical (unpaired) electrons. The van der Waals surface area contributed by atoms with Crippen LogP contribution in [0.2, 0.25) is 5.02 Å². The van der Waals surface area contributed by atoms with Crippen LogP contribution in [0.25, 0.3) is 0 Å². The number of imidazole rings is 1. The number of hydrogen-bond donors (Lipinski definition) is 2. The van der Waals surface area contributed by atoms with Gasteiger partial charge in [0, 0.05) is 29.0 Å². The van der Waals surface area contributed by atoms with Crippen LogP contribution in [0, 0.1) is 0 Å². The van der Waals surface area contributed by atoms with Gasteiger partial charge in [0.25, 0.3) is 12.3 Å². The third-order valence-electron chi connectivity index (χ3n) is 3.87. The number of aliphatic hydroxyl groups is 1. The Morgan fingerprint density at radius 1 is 1.32 bits per heavy atom. The summed E-state index contributed by atoms with van der Waals surface area (Å²) >= 11 is 9.33. The summed E-state index contributed by atoms with van der Waals surface area (Å²) in [6.45, 7) is -0.131. The molecule has 0 fully saturated rings. The van der Waals surface area contributed by atoms with Gasteiger partial charge in [-0.2, -0.15) is 0 Å². The molecular weight excluding hydrogens is 458 g/mol. The molecule has 3 aromatic rings. The van der Waals surface area contributed by atoms with Crippen LogP contribution in [0.3, 0.4) is 0 Å². The molecule has 0 spiro atoms. The van der Waals surface area contributed by atoms with Crippen molar-refractivity contribution in [2.24, 2.45) is 0 Å². The molecule has 146 valence electrons. The SMILES string of the molecule is O=C(Nc1cn(Cc2ccc(Cl)c(Br)c2)cn1)c1cnc(CO)c(C(F)F)c1. The van der Waals surface area contributed by atoms with Crippen molar-refractivity contribution >= 4 is 39.3 Å². The Bertz CT molecular complexity index is 1010. The summed E-state index contributed by atoms with van der Waals surface area (Å²) in [6.07, 6.45) is 1.44. The molecule has 0 saturated heterocycles. The van der Waals surface area contributed by atoms with Gasteiger partial charge in [-0.05, 0) is 39.7 Å². The van der Waals surface area contributed by atoms with Crippen LogP contribution in [0.1, 0.15) is 33.6 Å². The highest BCUT2D eigenvalue weighted by atomic mass is 79.9. The second kappa shape index (κ2) is 8.76. The zero-order valence-electron chi connectivity index (χ0n) is 14.2. The lowest BCUT2D eigenvalue weighted by molar-refractivity contribution is 0.102. The maximum absolute atomic E-state index is 13.0. The predicted octanol–water partition coefficient (Wildman–Crippen LogP) is 4.42. The molecule has 2 aromatic heterocycles. The number of halogens is 4. The Morgan fingerprint density at radius 2 is 2.11 bits per heavy atom. The van der Waals surface area contributed by atoms with E-state index in [0.717, 1.165) is 22.3 Å². The standard InChI is InChI=1S/C18H14BrClF2N4O2/c19-13-3-10(1-2-14(13)20)6-26-7-16(24-9-26)25-18(28)11-4-12(17(21)22)15(8-27)23-5-11/h1-5,7,9,17,27H,6,8H2,(H,25,28). The summed E-state index contributed by atoms with van der Waals surface area (Å²) in [5.41, 5.74) is 0.277. The molecule has 6 nitrogen and oxygen atoms in total. The number of pyridine rings is 1. The van der Waals surface area contributed by atoms with Gasteiger partial charge in [0.1, 0.15) is 0 Å². The van der Waals surface area contributed by atoms with E-state index >= 15 is 0 Å². The van der Waals surface area contributed by atoms with E-state index in [1.807, 2.05) is 12.1 Å². The molecule has 0 aliphatic carbocycles. The lowest BCUT2D eigenvalue weighted by Gasteiger charge is -2.08. The van der Waals surface area contributed by atoms with Gasteiger partial charge in [-0.15, -0.1) is 0 Å². The van der Waals surface area contributed by atoms with Gasteiger partial charge in [-0.3, -0.25) is 9.78 Å². The first kappa shape index (κ1) is 20.4. The van der Waals surface area contributed by atoms with E-state index in [-0.39, 0.29) is 17.1 Å². The monoisotopic (exact) mass is 470 g/mol. The zero-order valence-corrected chi connectivity index (χ0v) is 16.6. The van der Waals surface area contributed by atoms with Crippen molar-refractivity contribution in [3.05, 3.63) is 74.9 Å². The fourth-order valence-electron chi connectivity index (χ4n) is 2.50. The number of carbonyl (C=O) groups is 1. The lowest BCUT2D eigenvalue weighted by Crippen LogP contribution is -2.14. The topological polar surface area (TPSA) is 80.0 Å². The van der Waals surface area contributed by atoms with Gasteiger partial charge < -0.3 is 15.0 Å². The normalized spacial score (nSPS) is 11.1. The van der Waals surface area contributed by atoms with Crippen molar-refractivity contribution in [3.63, 3.8) is 0 Å². The molecule has 0 bridgehead atoms. The van der Waals surface area contributed by atoms with Crippen LogP contribution in [0.15, 0.2) is 47.5 Å². The van der Waals surface area contributed by atoms with E-state index < -0.39 is 24.5 Å². The largest absolute Gasteiger partial charge is 0.390 e. The number of nitrogens with one attached hydrogen (secondary N) is 1. The third-order valence-corrected chi connectivity index (χ3v) is 5.09. The van der Waals surface area contributed by atoms with E-state index in [1.165, 1.54) is 6.33 Å². The van der Waals surface area contributed by atoms with Crippen LogP contribution in [0.5, 0.6) is 0 Å². The molecule has 10 heteroatoms. The maximum Gasteiger partial charge on any atom is 0.265 e. The quantitative estimate of drug-likeness (QED) is 0.558. The summed E-state index contributed by atoms with van der Waals surface area (Å²) in [5.74, 6) is -0.360. The van der Waals surface area contributed by atoms with Crippen molar-refractivity contribution in [2.75, 3.05) is 5.32 Å². The highest BCUT2D eigenvalue weighted by Crippen LogP contribution is 2.24. The summed E-state index contributed by atoms with van der Waals surface area (Å²) in [4.78, 5) is 20.1. The van der Waals surface area contributed by atoms with E-state index in [0.29, 0.717) is 11.6 Å². The van der Waals surface area contributed by atoms with E-state index in [9.17, 15) is 13.6 Å². The van der Waals surface area contributed by atoms with Crippen LogP contribution in [-0.2, 0) is 13.2 Å². The molecule has 28 heavy (non-hydrogen) atoms. The van der Waals surface area contributed by atoms with Gasteiger partial charge in [0.05, 0.1) is 29.2 Å². The average Bonchev–Trinajstić information content (AvgIpc) is 3.10. The number of alkyl halides is 2. The Kier molecular flexibility index (Phi) is 6.38. The Balaban J connectivity index is 1.71. The number of rotatable bonds is 6. The minimum atomic E-state index is -2.85. The second-order valence-electron chi connectivity index (χ2n) is 5.85. The van der Waals surface area contributed by atoms with Crippen molar-refractivity contribution in [1.29, 1.82) is 0 Å². The molecule has 0 atom stereocenters. The Morgan fingerprint density at radius 3 is 2.79 bits per heavy atom. The van der Waals surface area contributed by atoms with Gasteiger partial charge >= 0.3 is 0 Å². The molecule has 1 amide bonds. The van der Waals surface area contributed by atoms with Gasteiger partial charge in [0.2, 0.25) is 0 Å². The number of amides is 1. The number of carbonyl (C=O) groups excluding carboxylic acids is 1. The van der Waals surface area contributed by atoms with Crippen molar-refractivity contribution in [2.45, 2.75) is 19.6 Å². The molecule has 0 saturated carbocycles. The average molecular weight is 472 g/mol. The van der Waals surface area contributed by atoms with Crippen molar-refractivity contribution in [3.8, 4) is 0 Å². The number of anilines is 1. The third kappa shape index (κ3) is 4.73. The summed E-state index contributed by atoms with van der Waals surface area (Å²) in [6, 6.07) is 6.53. The van der Waals surface area contributed by atoms with Gasteiger partial charge in [-0.25, -0.2) is 13.8 Å². The van der Waals surface area contributed by atoms with Crippen LogP contribution in [-0.4, -0.2) is 25.5 Å². The van der Waals surface area contributed by atoms with Crippen molar-refractivity contribution in [1.82, 2.24) is 14.5 Å². The van der Waals surface area contributed by atoms with E-state index in [1.54, 1.807) is 16.8 Å². The molecular formula is C18H14BrClF2N4O2. The van der Waals surface area contributed by atoms with Crippen molar-refractivity contribution < 1.29 is 18.7 Å². The molecule has 0 aliphatic heterocycles. The van der Waals surface area contributed by atoms with Crippen LogP contribution >= 0.6 is 27.5 Å². The van der Waals surface area contributed by atoms with Gasteiger partial charge in [-0.1, -0.05) is 17.7 Å². The highest BCUT2D eigenvalue weighted by molar-refractivity contribution is 9.10. The minimum Gasteiger partial charge on any atom is -0.390 e. The Hall–Kier alpha value is -2.36. The molecule has 3 rings (SSSR count). The Labute approximate surface area is 172 Å².